The summed E-state index contributed by atoms with van der Waals surface area (Å²) in [6.45, 7) is 3.26. The zero-order valence-electron chi connectivity index (χ0n) is 15.0. The number of likely N-dealkylation sites (tertiary alicyclic amines) is 1. The van der Waals surface area contributed by atoms with E-state index in [1.54, 1.807) is 18.3 Å². The number of halogens is 1. The first-order chi connectivity index (χ1) is 12.9. The number of nitrogens with zero attached hydrogens (tertiary/aromatic N) is 2. The molecule has 1 aliphatic rings. The molecule has 2 N–H and O–H groups in total. The Morgan fingerprint density at radius 3 is 2.78 bits per heavy atom. The second-order valence-corrected chi connectivity index (χ2v) is 8.17. The molecule has 0 bridgehead atoms. The molecule has 2 heterocycles. The van der Waals surface area contributed by atoms with Crippen LogP contribution in [0.2, 0.25) is 0 Å². The molecule has 1 aromatic heterocycles. The monoisotopic (exact) mass is 391 g/mol. The lowest BCUT2D eigenvalue weighted by molar-refractivity contribution is -0.144. The number of piperidine rings is 1. The molecule has 27 heavy (non-hydrogen) atoms. The van der Waals surface area contributed by atoms with Crippen LogP contribution in [0.1, 0.15) is 23.8 Å². The van der Waals surface area contributed by atoms with Gasteiger partial charge in [-0.15, -0.1) is 11.3 Å². The minimum Gasteiger partial charge on any atom is -0.481 e. The summed E-state index contributed by atoms with van der Waals surface area (Å²) in [4.78, 5) is 30.6. The maximum Gasteiger partial charge on any atom is 0.307 e. The minimum absolute atomic E-state index is 0.154. The SMILES string of the molecule is CC1CC(C(=O)O)CN(CC(=O)Nc2ncc(Cc3ccc(F)cc3)s2)C1. The zero-order valence-corrected chi connectivity index (χ0v) is 15.8. The molecule has 1 saturated heterocycles. The number of hydrogen-bond donors (Lipinski definition) is 2. The number of carboxylic acids is 1. The second kappa shape index (κ2) is 8.58. The van der Waals surface area contributed by atoms with Gasteiger partial charge in [0.05, 0.1) is 12.5 Å². The van der Waals surface area contributed by atoms with Crippen LogP contribution in [0, 0.1) is 17.7 Å². The van der Waals surface area contributed by atoms with E-state index in [9.17, 15) is 19.1 Å². The molecule has 1 amide bonds. The quantitative estimate of drug-likeness (QED) is 0.791. The lowest BCUT2D eigenvalue weighted by Gasteiger charge is -2.33. The van der Waals surface area contributed by atoms with Gasteiger partial charge in [-0.2, -0.15) is 0 Å². The molecule has 2 atom stereocenters. The lowest BCUT2D eigenvalue weighted by Crippen LogP contribution is -2.45. The van der Waals surface area contributed by atoms with Crippen LogP contribution in [-0.4, -0.2) is 46.5 Å². The zero-order chi connectivity index (χ0) is 19.4. The highest BCUT2D eigenvalue weighted by Crippen LogP contribution is 2.23. The number of anilines is 1. The molecule has 0 radical (unpaired) electrons. The van der Waals surface area contributed by atoms with Crippen LogP contribution in [0.3, 0.4) is 0 Å². The second-order valence-electron chi connectivity index (χ2n) is 7.05. The third-order valence-corrected chi connectivity index (χ3v) is 5.46. The van der Waals surface area contributed by atoms with Gasteiger partial charge < -0.3 is 10.4 Å². The van der Waals surface area contributed by atoms with E-state index in [1.165, 1.54) is 23.5 Å². The number of benzene rings is 1. The molecule has 1 fully saturated rings. The summed E-state index contributed by atoms with van der Waals surface area (Å²) in [5, 5.41) is 12.5. The van der Waals surface area contributed by atoms with Crippen molar-refractivity contribution >= 4 is 28.3 Å². The van der Waals surface area contributed by atoms with Crippen molar-refractivity contribution in [1.82, 2.24) is 9.88 Å². The van der Waals surface area contributed by atoms with Crippen molar-refractivity contribution in [3.63, 3.8) is 0 Å². The van der Waals surface area contributed by atoms with Crippen LogP contribution in [-0.2, 0) is 16.0 Å². The highest BCUT2D eigenvalue weighted by atomic mass is 32.1. The highest BCUT2D eigenvalue weighted by Gasteiger charge is 2.30. The fraction of sp³-hybridized carbons (Fsp3) is 0.421. The fourth-order valence-electron chi connectivity index (χ4n) is 3.38. The number of nitrogens with one attached hydrogen (secondary N) is 1. The smallest absolute Gasteiger partial charge is 0.307 e. The van der Waals surface area contributed by atoms with Gasteiger partial charge in [-0.05, 0) is 30.0 Å². The van der Waals surface area contributed by atoms with Crippen molar-refractivity contribution in [2.24, 2.45) is 11.8 Å². The number of rotatable bonds is 6. The van der Waals surface area contributed by atoms with Crippen molar-refractivity contribution in [3.05, 3.63) is 46.7 Å². The third-order valence-electron chi connectivity index (χ3n) is 4.54. The van der Waals surface area contributed by atoms with Crippen LogP contribution in [0.5, 0.6) is 0 Å². The van der Waals surface area contributed by atoms with Gasteiger partial charge in [0.1, 0.15) is 5.82 Å². The lowest BCUT2D eigenvalue weighted by atomic mass is 9.90. The first kappa shape index (κ1) is 19.4. The number of aliphatic carboxylic acids is 1. The van der Waals surface area contributed by atoms with E-state index >= 15 is 0 Å². The molecule has 0 spiro atoms. The Morgan fingerprint density at radius 1 is 1.33 bits per heavy atom. The van der Waals surface area contributed by atoms with Gasteiger partial charge in [0.15, 0.2) is 5.13 Å². The maximum absolute atomic E-state index is 13.0. The van der Waals surface area contributed by atoms with Crippen LogP contribution < -0.4 is 5.32 Å². The van der Waals surface area contributed by atoms with E-state index in [4.69, 9.17) is 0 Å². The average molecular weight is 391 g/mol. The average Bonchev–Trinajstić information content (AvgIpc) is 3.03. The molecule has 8 heteroatoms. The van der Waals surface area contributed by atoms with E-state index in [0.717, 1.165) is 10.4 Å². The number of thiazole rings is 1. The van der Waals surface area contributed by atoms with Crippen molar-refractivity contribution in [2.75, 3.05) is 25.0 Å². The minimum atomic E-state index is -0.808. The molecule has 3 rings (SSSR count). The molecule has 0 saturated carbocycles. The number of hydrogen-bond acceptors (Lipinski definition) is 5. The summed E-state index contributed by atoms with van der Waals surface area (Å²) in [6.07, 6.45) is 2.97. The third kappa shape index (κ3) is 5.58. The van der Waals surface area contributed by atoms with Crippen molar-refractivity contribution < 1.29 is 19.1 Å². The van der Waals surface area contributed by atoms with E-state index < -0.39 is 11.9 Å². The van der Waals surface area contributed by atoms with Gasteiger partial charge in [-0.1, -0.05) is 19.1 Å². The van der Waals surface area contributed by atoms with E-state index in [1.807, 2.05) is 11.8 Å². The fourth-order valence-corrected chi connectivity index (χ4v) is 4.24. The molecule has 1 aliphatic heterocycles. The Labute approximate surface area is 161 Å². The van der Waals surface area contributed by atoms with Gasteiger partial charge in [0.2, 0.25) is 5.91 Å². The largest absolute Gasteiger partial charge is 0.481 e. The Morgan fingerprint density at radius 2 is 2.07 bits per heavy atom. The van der Waals surface area contributed by atoms with E-state index in [2.05, 4.69) is 10.3 Å². The van der Waals surface area contributed by atoms with E-state index in [0.29, 0.717) is 31.1 Å². The van der Waals surface area contributed by atoms with Crippen LogP contribution in [0.4, 0.5) is 9.52 Å². The topological polar surface area (TPSA) is 82.5 Å². The molecular formula is C19H22FN3O3S. The molecule has 2 aromatic rings. The van der Waals surface area contributed by atoms with Gasteiger partial charge in [-0.25, -0.2) is 9.37 Å². The van der Waals surface area contributed by atoms with Crippen molar-refractivity contribution in [3.8, 4) is 0 Å². The Hall–Kier alpha value is -2.32. The Bertz CT molecular complexity index is 809. The predicted octanol–water partition coefficient (Wildman–Crippen LogP) is 2.85. The van der Waals surface area contributed by atoms with Gasteiger partial charge in [0.25, 0.3) is 0 Å². The molecular weight excluding hydrogens is 369 g/mol. The summed E-state index contributed by atoms with van der Waals surface area (Å²) in [5.74, 6) is -1.46. The van der Waals surface area contributed by atoms with Crippen LogP contribution >= 0.6 is 11.3 Å². The molecule has 0 aliphatic carbocycles. The highest BCUT2D eigenvalue weighted by molar-refractivity contribution is 7.15. The number of carboxylic acid groups (broad SMARTS) is 1. The van der Waals surface area contributed by atoms with Crippen molar-refractivity contribution in [2.45, 2.75) is 19.8 Å². The Kier molecular flexibility index (Phi) is 6.18. The summed E-state index contributed by atoms with van der Waals surface area (Å²) in [6, 6.07) is 6.29. The Balaban J connectivity index is 1.53. The summed E-state index contributed by atoms with van der Waals surface area (Å²) in [7, 11) is 0. The number of carbonyl (C=O) groups is 2. The molecule has 1 aromatic carbocycles. The van der Waals surface area contributed by atoms with E-state index in [-0.39, 0.29) is 24.2 Å². The first-order valence-electron chi connectivity index (χ1n) is 8.83. The summed E-state index contributed by atoms with van der Waals surface area (Å²) >= 11 is 1.38. The standard InChI is InChI=1S/C19H22FN3O3S/c1-12-6-14(18(25)26)10-23(9-12)11-17(24)22-19-21-8-16(27-19)7-13-2-4-15(20)5-3-13/h2-5,8,12,14H,6-7,9-11H2,1H3,(H,25,26)(H,21,22,24). The van der Waals surface area contributed by atoms with Crippen LogP contribution in [0.25, 0.3) is 0 Å². The van der Waals surface area contributed by atoms with Gasteiger partial charge >= 0.3 is 5.97 Å². The number of amides is 1. The number of carbonyl (C=O) groups excluding carboxylic acids is 1. The van der Waals surface area contributed by atoms with Crippen LogP contribution in [0.15, 0.2) is 30.5 Å². The number of aromatic nitrogens is 1. The summed E-state index contributed by atoms with van der Waals surface area (Å²) in [5.41, 5.74) is 0.972. The van der Waals surface area contributed by atoms with Gasteiger partial charge in [-0.3, -0.25) is 14.5 Å². The molecule has 6 nitrogen and oxygen atoms in total. The summed E-state index contributed by atoms with van der Waals surface area (Å²) < 4.78 is 13.0. The molecule has 2 unspecified atom stereocenters. The maximum atomic E-state index is 13.0. The normalized spacial score (nSPS) is 20.4. The van der Waals surface area contributed by atoms with Crippen molar-refractivity contribution in [1.29, 1.82) is 0 Å². The van der Waals surface area contributed by atoms with Gasteiger partial charge in [0, 0.05) is 30.6 Å². The first-order valence-corrected chi connectivity index (χ1v) is 9.65. The molecule has 144 valence electrons. The predicted molar refractivity (Wildman–Crippen MR) is 101 cm³/mol.